The number of hydrogen-bond donors (Lipinski definition) is 3. The van der Waals surface area contributed by atoms with Crippen molar-refractivity contribution >= 4 is 17.6 Å². The molecule has 1 aliphatic carbocycles. The third-order valence-electron chi connectivity index (χ3n) is 6.37. The van der Waals surface area contributed by atoms with E-state index in [0.717, 1.165) is 44.6 Å². The van der Waals surface area contributed by atoms with Crippen LogP contribution in [0.3, 0.4) is 0 Å². The highest BCUT2D eigenvalue weighted by molar-refractivity contribution is 6.62. The van der Waals surface area contributed by atoms with Crippen LogP contribution >= 0.6 is 0 Å². The lowest BCUT2D eigenvalue weighted by molar-refractivity contribution is -0.0100. The van der Waals surface area contributed by atoms with E-state index in [0.29, 0.717) is 25.6 Å². The van der Waals surface area contributed by atoms with E-state index in [2.05, 4.69) is 0 Å². The van der Waals surface area contributed by atoms with Gasteiger partial charge in [-0.15, -0.1) is 0 Å². The molecule has 0 radical (unpaired) electrons. The maximum Gasteiger partial charge on any atom is 0.502 e. The summed E-state index contributed by atoms with van der Waals surface area (Å²) in [4.78, 5) is 10.9. The molecule has 3 heterocycles. The molecule has 7 unspecified atom stereocenters. The van der Waals surface area contributed by atoms with Gasteiger partial charge in [-0.3, -0.25) is 0 Å². The Kier molecular flexibility index (Phi) is 6.93. The van der Waals surface area contributed by atoms with Gasteiger partial charge in [0.15, 0.2) is 0 Å². The van der Waals surface area contributed by atoms with Gasteiger partial charge in [0, 0.05) is 18.5 Å². The molecule has 10 heteroatoms. The largest absolute Gasteiger partial charge is 0.502 e. The second kappa shape index (κ2) is 9.08. The molecule has 2 bridgehead atoms. The average molecular weight is 433 g/mol. The maximum absolute atomic E-state index is 10.9. The molecule has 0 aromatic carbocycles. The summed E-state index contributed by atoms with van der Waals surface area (Å²) in [5, 5.41) is 0. The Balaban J connectivity index is 1.48. The van der Waals surface area contributed by atoms with Gasteiger partial charge in [0.1, 0.15) is 0 Å². The van der Waals surface area contributed by atoms with Crippen LogP contribution in [0.5, 0.6) is 0 Å². The Morgan fingerprint density at radius 3 is 2.11 bits per heavy atom. The first kappa shape index (κ1) is 21.3. The molecule has 162 valence electrons. The van der Waals surface area contributed by atoms with E-state index in [9.17, 15) is 4.80 Å². The molecule has 0 amide bonds. The fourth-order valence-corrected chi connectivity index (χ4v) is 10.7. The number of hydrogen-bond acceptors (Lipinski definition) is 8. The fraction of sp³-hybridized carbons (Fsp3) is 1.00. The Bertz CT molecular complexity index is 532. The fourth-order valence-electron chi connectivity index (χ4n) is 4.99. The first-order valence-corrected chi connectivity index (χ1v) is 15.0. The summed E-state index contributed by atoms with van der Waals surface area (Å²) >= 11 is 0. The molecular formula is C18H36N2O6Si2. The van der Waals surface area contributed by atoms with Crippen molar-refractivity contribution in [2.24, 2.45) is 11.5 Å². The van der Waals surface area contributed by atoms with Gasteiger partial charge < -0.3 is 38.4 Å². The van der Waals surface area contributed by atoms with E-state index in [4.69, 9.17) is 33.6 Å². The quantitative estimate of drug-likeness (QED) is 0.537. The van der Waals surface area contributed by atoms with Gasteiger partial charge in [-0.25, -0.2) is 0 Å². The molecule has 7 atom stereocenters. The van der Waals surface area contributed by atoms with Crippen LogP contribution in [0.4, 0.5) is 0 Å². The molecule has 3 saturated heterocycles. The normalized spacial score (nSPS) is 46.2. The molecule has 3 aliphatic heterocycles. The molecule has 0 aromatic heterocycles. The van der Waals surface area contributed by atoms with Crippen molar-refractivity contribution in [2.75, 3.05) is 13.1 Å². The predicted octanol–water partition coefficient (Wildman–Crippen LogP) is 1.27. The summed E-state index contributed by atoms with van der Waals surface area (Å²) in [5.74, 6) is 0. The molecule has 4 rings (SSSR count). The zero-order valence-corrected chi connectivity index (χ0v) is 18.7. The summed E-state index contributed by atoms with van der Waals surface area (Å²) in [7, 11) is -5.76. The van der Waals surface area contributed by atoms with Crippen molar-refractivity contribution in [3.8, 4) is 0 Å². The maximum atomic E-state index is 10.9. The summed E-state index contributed by atoms with van der Waals surface area (Å²) < 4.78 is 31.4. The molecule has 4 aliphatic rings. The van der Waals surface area contributed by atoms with Crippen LogP contribution in [0, 0.1) is 0 Å². The number of nitrogens with two attached hydrogens (primary N) is 2. The third kappa shape index (κ3) is 4.56. The van der Waals surface area contributed by atoms with Crippen molar-refractivity contribution in [2.45, 2.75) is 100 Å². The van der Waals surface area contributed by atoms with Crippen LogP contribution < -0.4 is 11.5 Å². The van der Waals surface area contributed by atoms with Crippen LogP contribution in [-0.2, 0) is 22.1 Å². The smallest absolute Gasteiger partial charge is 0.390 e. The van der Waals surface area contributed by atoms with Crippen LogP contribution in [0.15, 0.2) is 0 Å². The molecule has 5 N–H and O–H groups in total. The SMILES string of the molecule is NCCC[Si]1(O)OC2CCCCCCC3O[Si]4(CCCN)OC(CC2O1)C3O4. The van der Waals surface area contributed by atoms with Crippen LogP contribution in [0.25, 0.3) is 0 Å². The Hall–Kier alpha value is 0.114. The van der Waals surface area contributed by atoms with E-state index in [-0.39, 0.29) is 30.5 Å². The lowest BCUT2D eigenvalue weighted by Crippen LogP contribution is -2.47. The van der Waals surface area contributed by atoms with Crippen molar-refractivity contribution in [3.63, 3.8) is 0 Å². The molecule has 0 aromatic rings. The lowest BCUT2D eigenvalue weighted by Gasteiger charge is -2.33. The van der Waals surface area contributed by atoms with Gasteiger partial charge >= 0.3 is 17.6 Å². The minimum atomic E-state index is -3.14. The van der Waals surface area contributed by atoms with E-state index in [1.165, 1.54) is 12.8 Å². The van der Waals surface area contributed by atoms with Gasteiger partial charge in [0.25, 0.3) is 0 Å². The Morgan fingerprint density at radius 1 is 0.714 bits per heavy atom. The zero-order chi connectivity index (χ0) is 19.6. The summed E-state index contributed by atoms with van der Waals surface area (Å²) in [6.07, 6.45) is 8.70. The minimum absolute atomic E-state index is 0.0208. The monoisotopic (exact) mass is 432 g/mol. The zero-order valence-electron chi connectivity index (χ0n) is 16.7. The van der Waals surface area contributed by atoms with Crippen LogP contribution in [0.1, 0.15) is 57.8 Å². The molecule has 1 saturated carbocycles. The van der Waals surface area contributed by atoms with E-state index < -0.39 is 17.6 Å². The average Bonchev–Trinajstić information content (AvgIpc) is 3.31. The van der Waals surface area contributed by atoms with Crippen molar-refractivity contribution in [1.29, 1.82) is 0 Å². The first-order valence-electron chi connectivity index (χ1n) is 11.1. The van der Waals surface area contributed by atoms with E-state index in [1.54, 1.807) is 0 Å². The Morgan fingerprint density at radius 2 is 1.36 bits per heavy atom. The second-order valence-electron chi connectivity index (χ2n) is 8.62. The highest BCUT2D eigenvalue weighted by Crippen LogP contribution is 2.45. The van der Waals surface area contributed by atoms with Crippen molar-refractivity contribution in [1.82, 2.24) is 0 Å². The predicted molar refractivity (Wildman–Crippen MR) is 107 cm³/mol. The standard InChI is InChI=1S/C18H36N2O6Si2/c19-9-5-11-27(21)22-14-7-3-1-2-4-8-15-18-17(13-16(14)23-27)25-28(24-15,26-18)12-6-10-20/h14-18,21H,1-13,19-20H2. The topological polar surface area (TPSA) is 118 Å². The molecule has 8 nitrogen and oxygen atoms in total. The van der Waals surface area contributed by atoms with Gasteiger partial charge in [-0.2, -0.15) is 0 Å². The van der Waals surface area contributed by atoms with Crippen molar-refractivity contribution < 1.29 is 26.9 Å². The van der Waals surface area contributed by atoms with Gasteiger partial charge in [-0.1, -0.05) is 25.7 Å². The second-order valence-corrected chi connectivity index (χ2v) is 13.6. The number of fused-ring (bicyclic) bond motifs is 2. The molecule has 28 heavy (non-hydrogen) atoms. The molecule has 4 fully saturated rings. The van der Waals surface area contributed by atoms with Gasteiger partial charge in [0.05, 0.1) is 30.5 Å². The van der Waals surface area contributed by atoms with E-state index >= 15 is 0 Å². The van der Waals surface area contributed by atoms with Crippen LogP contribution in [0.2, 0.25) is 12.1 Å². The summed E-state index contributed by atoms with van der Waals surface area (Å²) in [5.41, 5.74) is 11.3. The highest BCUT2D eigenvalue weighted by Gasteiger charge is 2.64. The summed E-state index contributed by atoms with van der Waals surface area (Å²) in [6.45, 7) is 1.15. The summed E-state index contributed by atoms with van der Waals surface area (Å²) in [6, 6.07) is 1.32. The molecule has 0 spiro atoms. The number of rotatable bonds is 6. The van der Waals surface area contributed by atoms with Crippen molar-refractivity contribution in [3.05, 3.63) is 0 Å². The lowest BCUT2D eigenvalue weighted by atomic mass is 9.93. The van der Waals surface area contributed by atoms with E-state index in [1.807, 2.05) is 0 Å². The highest BCUT2D eigenvalue weighted by atomic mass is 28.4. The molecular weight excluding hydrogens is 396 g/mol. The van der Waals surface area contributed by atoms with Gasteiger partial charge in [-0.05, 0) is 38.8 Å². The third-order valence-corrected chi connectivity index (χ3v) is 11.6. The van der Waals surface area contributed by atoms with Gasteiger partial charge in [0.2, 0.25) is 0 Å². The first-order chi connectivity index (χ1) is 13.6. The van der Waals surface area contributed by atoms with Crippen LogP contribution in [-0.4, -0.2) is 66.0 Å². The Labute approximate surface area is 169 Å². The minimum Gasteiger partial charge on any atom is -0.390 e.